The quantitative estimate of drug-likeness (QED) is 0.876. The van der Waals surface area contributed by atoms with Crippen molar-refractivity contribution in [2.45, 2.75) is 31.3 Å². The third kappa shape index (κ3) is 3.23. The third-order valence-corrected chi connectivity index (χ3v) is 5.27. The van der Waals surface area contributed by atoms with Gasteiger partial charge in [0.15, 0.2) is 0 Å². The van der Waals surface area contributed by atoms with E-state index >= 15 is 0 Å². The first-order chi connectivity index (χ1) is 13.1. The van der Waals surface area contributed by atoms with Crippen LogP contribution in [0.2, 0.25) is 0 Å². The Bertz CT molecular complexity index is 840. The molecule has 2 aliphatic rings. The van der Waals surface area contributed by atoms with Crippen molar-refractivity contribution in [1.82, 2.24) is 14.9 Å². The molecule has 0 saturated carbocycles. The molecule has 142 valence electrons. The molecule has 2 bridgehead atoms. The van der Waals surface area contributed by atoms with Crippen molar-refractivity contribution >= 4 is 23.4 Å². The van der Waals surface area contributed by atoms with Crippen molar-refractivity contribution in [2.24, 2.45) is 0 Å². The number of aromatic nitrogens is 2. The lowest BCUT2D eigenvalue weighted by molar-refractivity contribution is -0.138. The number of amides is 1. The van der Waals surface area contributed by atoms with E-state index in [9.17, 15) is 4.79 Å². The van der Waals surface area contributed by atoms with E-state index in [2.05, 4.69) is 5.32 Å². The normalized spacial score (nSPS) is 20.3. The lowest BCUT2D eigenvalue weighted by Crippen LogP contribution is -2.44. The Hall–Kier alpha value is -2.67. The number of nitrogens with one attached hydrogen (secondary N) is 1. The fourth-order valence-electron chi connectivity index (χ4n) is 4.13. The predicted octanol–water partition coefficient (Wildman–Crippen LogP) is 2.52. The van der Waals surface area contributed by atoms with Crippen LogP contribution >= 0.6 is 0 Å². The molecule has 1 aromatic carbocycles. The van der Waals surface area contributed by atoms with Crippen LogP contribution in [0.5, 0.6) is 0 Å². The minimum Gasteiger partial charge on any atom is -0.375 e. The molecule has 0 spiro atoms. The molecule has 7 nitrogen and oxygen atoms in total. The number of nitrogens with zero attached hydrogens (tertiary/aromatic N) is 4. The molecule has 27 heavy (non-hydrogen) atoms. The van der Waals surface area contributed by atoms with Crippen LogP contribution in [0.15, 0.2) is 30.3 Å². The zero-order valence-electron chi connectivity index (χ0n) is 16.0. The fraction of sp³-hybridized carbons (Fsp3) is 0.450. The van der Waals surface area contributed by atoms with Gasteiger partial charge in [-0.3, -0.25) is 4.79 Å². The number of ether oxygens (including phenoxy) is 1. The highest BCUT2D eigenvalue weighted by Gasteiger charge is 2.44. The molecule has 3 heterocycles. The van der Waals surface area contributed by atoms with Crippen molar-refractivity contribution in [3.8, 4) is 0 Å². The number of carbonyl (C=O) groups is 1. The molecule has 2 aromatic rings. The highest BCUT2D eigenvalue weighted by molar-refractivity contribution is 5.80. The minimum absolute atomic E-state index is 0.00354. The van der Waals surface area contributed by atoms with Gasteiger partial charge < -0.3 is 19.9 Å². The van der Waals surface area contributed by atoms with Crippen molar-refractivity contribution in [3.63, 3.8) is 0 Å². The first-order valence-corrected chi connectivity index (χ1v) is 9.28. The van der Waals surface area contributed by atoms with Crippen LogP contribution < -0.4 is 10.2 Å². The standard InChI is InChI=1S/C20H25N5O2/c1-24(2)20-22-15-11-14-9-10-16(25(14)17(26)12-27-3)18(15)19(23-20)21-13-7-5-4-6-8-13/h4-8,14,16H,9-12H2,1-3H3,(H,21,22,23)/t14-,16-/m1/s1. The average Bonchev–Trinajstić information content (AvgIpc) is 2.96. The van der Waals surface area contributed by atoms with Crippen LogP contribution in [-0.2, 0) is 16.0 Å². The number of fused-ring (bicyclic) bond motifs is 4. The van der Waals surface area contributed by atoms with E-state index in [0.29, 0.717) is 5.95 Å². The number of benzene rings is 1. The first-order valence-electron chi connectivity index (χ1n) is 9.28. The first kappa shape index (κ1) is 17.7. The van der Waals surface area contributed by atoms with Gasteiger partial charge in [-0.1, -0.05) is 18.2 Å². The molecule has 1 fully saturated rings. The molecule has 0 aliphatic carbocycles. The van der Waals surface area contributed by atoms with Crippen LogP contribution in [0.4, 0.5) is 17.5 Å². The summed E-state index contributed by atoms with van der Waals surface area (Å²) in [5.74, 6) is 1.51. The third-order valence-electron chi connectivity index (χ3n) is 5.27. The smallest absolute Gasteiger partial charge is 0.249 e. The number of hydrogen-bond donors (Lipinski definition) is 1. The maximum Gasteiger partial charge on any atom is 0.249 e. The van der Waals surface area contributed by atoms with Crippen LogP contribution in [0.25, 0.3) is 0 Å². The predicted molar refractivity (Wildman–Crippen MR) is 104 cm³/mol. The van der Waals surface area contributed by atoms with Crippen molar-refractivity contribution < 1.29 is 9.53 Å². The van der Waals surface area contributed by atoms with Crippen LogP contribution in [0, 0.1) is 0 Å². The van der Waals surface area contributed by atoms with Gasteiger partial charge in [0.25, 0.3) is 0 Å². The summed E-state index contributed by atoms with van der Waals surface area (Å²) in [4.78, 5) is 26.1. The number of anilines is 3. The summed E-state index contributed by atoms with van der Waals surface area (Å²) in [6, 6.07) is 10.2. The second kappa shape index (κ2) is 7.15. The highest BCUT2D eigenvalue weighted by atomic mass is 16.5. The summed E-state index contributed by atoms with van der Waals surface area (Å²) in [5, 5.41) is 3.45. The Kier molecular flexibility index (Phi) is 4.70. The molecule has 0 radical (unpaired) electrons. The fourth-order valence-corrected chi connectivity index (χ4v) is 4.13. The minimum atomic E-state index is 0.00354. The number of rotatable bonds is 5. The van der Waals surface area contributed by atoms with E-state index < -0.39 is 0 Å². The van der Waals surface area contributed by atoms with Gasteiger partial charge in [-0.05, 0) is 25.0 Å². The number of hydrogen-bond acceptors (Lipinski definition) is 6. The molecule has 0 unspecified atom stereocenters. The SMILES string of the molecule is COCC(=O)N1[C@@H]2CC[C@@H]1c1c(nc(N(C)C)nc1Nc1ccccc1)C2. The zero-order valence-corrected chi connectivity index (χ0v) is 16.0. The summed E-state index contributed by atoms with van der Waals surface area (Å²) in [5.41, 5.74) is 3.06. The van der Waals surface area contributed by atoms with E-state index in [-0.39, 0.29) is 24.6 Å². The van der Waals surface area contributed by atoms with E-state index in [1.165, 1.54) is 0 Å². The molecular formula is C20H25N5O2. The number of methoxy groups -OCH3 is 1. The molecule has 4 rings (SSSR count). The van der Waals surface area contributed by atoms with Crippen LogP contribution in [0.1, 0.15) is 30.1 Å². The molecule has 1 aromatic heterocycles. The average molecular weight is 367 g/mol. The Morgan fingerprint density at radius 3 is 2.74 bits per heavy atom. The number of para-hydroxylation sites is 1. The molecule has 2 aliphatic heterocycles. The van der Waals surface area contributed by atoms with Crippen molar-refractivity contribution in [3.05, 3.63) is 41.6 Å². The van der Waals surface area contributed by atoms with Gasteiger partial charge in [0.2, 0.25) is 11.9 Å². The Balaban J connectivity index is 1.78. The molecule has 1 N–H and O–H groups in total. The van der Waals surface area contributed by atoms with Gasteiger partial charge in [-0.15, -0.1) is 0 Å². The van der Waals surface area contributed by atoms with E-state index in [1.54, 1.807) is 7.11 Å². The molecular weight excluding hydrogens is 342 g/mol. The number of carbonyl (C=O) groups excluding carboxylic acids is 1. The maximum absolute atomic E-state index is 12.6. The van der Waals surface area contributed by atoms with E-state index in [4.69, 9.17) is 14.7 Å². The lowest BCUT2D eigenvalue weighted by Gasteiger charge is -2.37. The topological polar surface area (TPSA) is 70.6 Å². The van der Waals surface area contributed by atoms with Gasteiger partial charge in [-0.25, -0.2) is 4.98 Å². The maximum atomic E-state index is 12.6. The molecule has 7 heteroatoms. The van der Waals surface area contributed by atoms with Crippen LogP contribution in [-0.4, -0.2) is 54.6 Å². The van der Waals surface area contributed by atoms with Crippen molar-refractivity contribution in [2.75, 3.05) is 38.0 Å². The Morgan fingerprint density at radius 2 is 2.04 bits per heavy atom. The lowest BCUT2D eigenvalue weighted by atomic mass is 9.97. The Morgan fingerprint density at radius 1 is 1.26 bits per heavy atom. The largest absolute Gasteiger partial charge is 0.375 e. The second-order valence-corrected chi connectivity index (χ2v) is 7.30. The summed E-state index contributed by atoms with van der Waals surface area (Å²) in [6.45, 7) is 0.112. The van der Waals surface area contributed by atoms with E-state index in [0.717, 1.165) is 42.0 Å². The second-order valence-electron chi connectivity index (χ2n) is 7.30. The zero-order chi connectivity index (χ0) is 19.0. The van der Waals surface area contributed by atoms with Gasteiger partial charge in [0.1, 0.15) is 12.4 Å². The summed E-state index contributed by atoms with van der Waals surface area (Å²) in [6.07, 6.45) is 2.67. The summed E-state index contributed by atoms with van der Waals surface area (Å²) < 4.78 is 5.10. The Labute approximate surface area is 159 Å². The van der Waals surface area contributed by atoms with Crippen molar-refractivity contribution in [1.29, 1.82) is 0 Å². The molecule has 2 atom stereocenters. The highest BCUT2D eigenvalue weighted by Crippen LogP contribution is 2.46. The van der Waals surface area contributed by atoms with Gasteiger partial charge in [0, 0.05) is 44.9 Å². The summed E-state index contributed by atoms with van der Waals surface area (Å²) >= 11 is 0. The van der Waals surface area contributed by atoms with E-state index in [1.807, 2.05) is 54.2 Å². The monoisotopic (exact) mass is 367 g/mol. The van der Waals surface area contributed by atoms with Gasteiger partial charge in [-0.2, -0.15) is 4.98 Å². The molecule has 1 saturated heterocycles. The van der Waals surface area contributed by atoms with Crippen LogP contribution in [0.3, 0.4) is 0 Å². The van der Waals surface area contributed by atoms with Gasteiger partial charge >= 0.3 is 0 Å². The summed E-state index contributed by atoms with van der Waals surface area (Å²) in [7, 11) is 5.45. The molecule has 1 amide bonds. The van der Waals surface area contributed by atoms with Gasteiger partial charge in [0.05, 0.1) is 11.7 Å².